The first-order valence-corrected chi connectivity index (χ1v) is 9.32. The van der Waals surface area contributed by atoms with Crippen LogP contribution >= 0.6 is 0 Å². The molecule has 5 nitrogen and oxygen atoms in total. The van der Waals surface area contributed by atoms with Crippen molar-refractivity contribution in [2.24, 2.45) is 4.99 Å². The van der Waals surface area contributed by atoms with Crippen molar-refractivity contribution in [3.8, 4) is 0 Å². The topological polar surface area (TPSA) is 89.8 Å². The van der Waals surface area contributed by atoms with E-state index >= 15 is 0 Å². The van der Waals surface area contributed by atoms with E-state index < -0.39 is 27.8 Å². The molecule has 0 amide bonds. The smallest absolute Gasteiger partial charge is 0.859 e. The van der Waals surface area contributed by atoms with Crippen LogP contribution in [0.2, 0.25) is 0 Å². The predicted molar refractivity (Wildman–Crippen MR) is 85.1 cm³/mol. The standard InChI is InChI=1S/C15H29NO4S.Na/c1-3-5-6-7-8-9-10-11-12-14(13-21(18,19)20)16-15(17)4-2;/h4,14H,2-3,5-13H2,1H3,(H,16,17)(H,18,19,20);/q;+1/p-1. The Hall–Kier alpha value is 0.120. The van der Waals surface area contributed by atoms with Crippen LogP contribution in [0.15, 0.2) is 17.6 Å². The summed E-state index contributed by atoms with van der Waals surface area (Å²) < 4.78 is 30.7. The summed E-state index contributed by atoms with van der Waals surface area (Å²) in [5.74, 6) is -1.04. The van der Waals surface area contributed by atoms with E-state index in [1.807, 2.05) is 0 Å². The van der Waals surface area contributed by atoms with Crippen LogP contribution in [0.5, 0.6) is 0 Å². The predicted octanol–water partition coefficient (Wildman–Crippen LogP) is -0.278. The van der Waals surface area contributed by atoms with Crippen LogP contribution in [0, 0.1) is 0 Å². The Balaban J connectivity index is 0. The van der Waals surface area contributed by atoms with Crippen LogP contribution in [0.4, 0.5) is 0 Å². The van der Waals surface area contributed by atoms with E-state index in [0.29, 0.717) is 6.42 Å². The molecule has 0 spiro atoms. The van der Waals surface area contributed by atoms with E-state index in [4.69, 9.17) is 4.55 Å². The molecule has 22 heavy (non-hydrogen) atoms. The van der Waals surface area contributed by atoms with Gasteiger partial charge in [-0.2, -0.15) is 8.42 Å². The number of rotatable bonds is 13. The van der Waals surface area contributed by atoms with Crippen molar-refractivity contribution in [2.45, 2.75) is 70.8 Å². The van der Waals surface area contributed by atoms with Crippen LogP contribution in [-0.2, 0) is 10.1 Å². The number of unbranched alkanes of at least 4 members (excludes halogenated alkanes) is 7. The third kappa shape index (κ3) is 16.5. The second-order valence-corrected chi connectivity index (χ2v) is 6.83. The number of hydrogen-bond donors (Lipinski definition) is 1. The molecule has 0 radical (unpaired) electrons. The molecule has 1 unspecified atom stereocenters. The van der Waals surface area contributed by atoms with Gasteiger partial charge in [-0.15, -0.1) is 0 Å². The van der Waals surface area contributed by atoms with Crippen molar-refractivity contribution < 1.29 is 47.6 Å². The average molecular weight is 341 g/mol. The summed E-state index contributed by atoms with van der Waals surface area (Å²) in [4.78, 5) is 3.74. The fourth-order valence-corrected chi connectivity index (χ4v) is 2.90. The van der Waals surface area contributed by atoms with Crippen molar-refractivity contribution in [1.82, 2.24) is 0 Å². The van der Waals surface area contributed by atoms with E-state index in [-0.39, 0.29) is 29.6 Å². The molecule has 1 atom stereocenters. The third-order valence-corrected chi connectivity index (χ3v) is 4.08. The SMILES string of the molecule is C=CC([O-])=NC(CCCCCCCCCC)CS(=O)(=O)O.[Na+]. The monoisotopic (exact) mass is 341 g/mol. The average Bonchev–Trinajstić information content (AvgIpc) is 2.39. The molecule has 0 aromatic carbocycles. The van der Waals surface area contributed by atoms with Gasteiger partial charge in [0, 0.05) is 0 Å². The summed E-state index contributed by atoms with van der Waals surface area (Å²) in [6, 6.07) is -0.675. The van der Waals surface area contributed by atoms with Gasteiger partial charge in [-0.3, -0.25) is 9.55 Å². The molecular formula is C15H28NNaO4S. The Morgan fingerprint density at radius 1 is 1.18 bits per heavy atom. The van der Waals surface area contributed by atoms with Crippen molar-refractivity contribution in [1.29, 1.82) is 0 Å². The number of nitrogens with zero attached hydrogens (tertiary/aromatic N) is 1. The minimum atomic E-state index is -4.12. The molecule has 0 fully saturated rings. The molecule has 0 aromatic heterocycles. The first-order valence-electron chi connectivity index (χ1n) is 7.71. The van der Waals surface area contributed by atoms with Crippen LogP contribution in [0.3, 0.4) is 0 Å². The fourth-order valence-electron chi connectivity index (χ4n) is 2.17. The van der Waals surface area contributed by atoms with Gasteiger partial charge in [0.05, 0.1) is 11.8 Å². The molecule has 0 bridgehead atoms. The Labute approximate surface area is 157 Å². The zero-order chi connectivity index (χ0) is 16.1. The first-order chi connectivity index (χ1) is 9.89. The Morgan fingerprint density at radius 2 is 1.68 bits per heavy atom. The summed E-state index contributed by atoms with van der Waals surface area (Å²) in [5.41, 5.74) is 0. The maximum absolute atomic E-state index is 11.2. The largest absolute Gasteiger partial charge is 1.00 e. The molecule has 0 saturated heterocycles. The molecule has 1 N–H and O–H groups in total. The zero-order valence-corrected chi connectivity index (χ0v) is 16.8. The van der Waals surface area contributed by atoms with Gasteiger partial charge in [-0.25, -0.2) is 0 Å². The van der Waals surface area contributed by atoms with Gasteiger partial charge in [0.2, 0.25) is 0 Å². The molecule has 0 aliphatic rings. The van der Waals surface area contributed by atoms with Gasteiger partial charge in [-0.1, -0.05) is 70.9 Å². The zero-order valence-electron chi connectivity index (χ0n) is 14.0. The van der Waals surface area contributed by atoms with Gasteiger partial charge >= 0.3 is 29.6 Å². The van der Waals surface area contributed by atoms with Crippen LogP contribution in [-0.4, -0.2) is 30.7 Å². The van der Waals surface area contributed by atoms with Gasteiger partial charge < -0.3 is 5.11 Å². The maximum Gasteiger partial charge on any atom is 1.00 e. The second-order valence-electron chi connectivity index (χ2n) is 5.34. The molecule has 0 heterocycles. The molecule has 0 aliphatic heterocycles. The van der Waals surface area contributed by atoms with Gasteiger partial charge in [0.1, 0.15) is 0 Å². The molecule has 124 valence electrons. The van der Waals surface area contributed by atoms with E-state index in [0.717, 1.165) is 25.3 Å². The van der Waals surface area contributed by atoms with Crippen molar-refractivity contribution in [3.05, 3.63) is 12.7 Å². The maximum atomic E-state index is 11.2. The summed E-state index contributed by atoms with van der Waals surface area (Å²) in [7, 11) is -4.12. The molecule has 0 saturated carbocycles. The van der Waals surface area contributed by atoms with Gasteiger partial charge in [-0.05, 0) is 12.3 Å². The van der Waals surface area contributed by atoms with Crippen LogP contribution in [0.25, 0.3) is 0 Å². The van der Waals surface area contributed by atoms with Gasteiger partial charge in [0.25, 0.3) is 10.1 Å². The van der Waals surface area contributed by atoms with E-state index in [1.54, 1.807) is 0 Å². The van der Waals surface area contributed by atoms with E-state index in [1.165, 1.54) is 32.1 Å². The summed E-state index contributed by atoms with van der Waals surface area (Å²) in [6.45, 7) is 5.48. The van der Waals surface area contributed by atoms with E-state index in [2.05, 4.69) is 18.5 Å². The van der Waals surface area contributed by atoms with E-state index in [9.17, 15) is 13.5 Å². The van der Waals surface area contributed by atoms with Gasteiger partial charge in [0.15, 0.2) is 0 Å². The number of aliphatic imine (C=N–C) groups is 1. The molecule has 0 aromatic rings. The summed E-state index contributed by atoms with van der Waals surface area (Å²) in [6.07, 6.45) is 10.7. The third-order valence-electron chi connectivity index (χ3n) is 3.28. The minimum absolute atomic E-state index is 0. The quantitative estimate of drug-likeness (QED) is 0.164. The fraction of sp³-hybridized carbons (Fsp3) is 0.800. The Morgan fingerprint density at radius 3 is 2.14 bits per heavy atom. The normalized spacial score (nSPS) is 13.5. The van der Waals surface area contributed by atoms with Crippen LogP contribution in [0.1, 0.15) is 64.7 Å². The minimum Gasteiger partial charge on any atom is -0.859 e. The van der Waals surface area contributed by atoms with Crippen molar-refractivity contribution in [2.75, 3.05) is 5.75 Å². The van der Waals surface area contributed by atoms with Crippen LogP contribution < -0.4 is 34.7 Å². The van der Waals surface area contributed by atoms with Crippen molar-refractivity contribution >= 4 is 16.0 Å². The summed E-state index contributed by atoms with van der Waals surface area (Å²) in [5, 5.41) is 11.2. The first kappa shape index (κ1) is 24.4. The Kier molecular flexibility index (Phi) is 16.3. The Bertz CT molecular complexity index is 410. The molecule has 7 heteroatoms. The molecular weight excluding hydrogens is 313 g/mol. The molecule has 0 rings (SSSR count). The molecule has 0 aliphatic carbocycles. The summed E-state index contributed by atoms with van der Waals surface area (Å²) >= 11 is 0. The van der Waals surface area contributed by atoms with Crippen molar-refractivity contribution in [3.63, 3.8) is 0 Å². The second kappa shape index (κ2) is 14.7. The number of hydrogen-bond acceptors (Lipinski definition) is 4.